The molecule has 0 aliphatic carbocycles. The van der Waals surface area contributed by atoms with Gasteiger partial charge in [-0.3, -0.25) is 9.52 Å². The summed E-state index contributed by atoms with van der Waals surface area (Å²) in [6.07, 6.45) is 1.99. The Balaban J connectivity index is 4.38. The van der Waals surface area contributed by atoms with Gasteiger partial charge in [0.05, 0.1) is 17.2 Å². The summed E-state index contributed by atoms with van der Waals surface area (Å²) in [7, 11) is -3.71. The number of carbonyl (C=O) groups excluding carboxylic acids is 1. The minimum atomic E-state index is -3.71. The van der Waals surface area contributed by atoms with Crippen LogP contribution in [0.15, 0.2) is 0 Å². The van der Waals surface area contributed by atoms with Crippen LogP contribution in [0.5, 0.6) is 0 Å². The maximum atomic E-state index is 11.5. The van der Waals surface area contributed by atoms with Gasteiger partial charge in [-0.05, 0) is 20.1 Å². The number of nitrogens with zero attached hydrogens (tertiary/aromatic N) is 1. The standard InChI is InChI=1S/C9H16N2O3S2/c1-9(2,6-10)7-16(13,14)11-8(12)4-5-15-3/h4-5,7H2,1-3H3,(H,11,12). The van der Waals surface area contributed by atoms with Crippen LogP contribution in [-0.2, 0) is 14.8 Å². The monoisotopic (exact) mass is 264 g/mol. The van der Waals surface area contributed by atoms with E-state index in [4.69, 9.17) is 5.26 Å². The number of amides is 1. The van der Waals surface area contributed by atoms with Crippen molar-refractivity contribution in [3.05, 3.63) is 0 Å². The van der Waals surface area contributed by atoms with E-state index in [0.717, 1.165) is 0 Å². The Morgan fingerprint density at radius 2 is 2.06 bits per heavy atom. The summed E-state index contributed by atoms with van der Waals surface area (Å²) in [6, 6.07) is 1.88. The van der Waals surface area contributed by atoms with Crippen LogP contribution < -0.4 is 4.72 Å². The number of hydrogen-bond acceptors (Lipinski definition) is 5. The van der Waals surface area contributed by atoms with E-state index in [9.17, 15) is 13.2 Å². The molecule has 0 atom stereocenters. The van der Waals surface area contributed by atoms with Crippen molar-refractivity contribution >= 4 is 27.7 Å². The molecule has 0 aromatic rings. The van der Waals surface area contributed by atoms with E-state index >= 15 is 0 Å². The van der Waals surface area contributed by atoms with E-state index in [-0.39, 0.29) is 12.2 Å². The molecule has 16 heavy (non-hydrogen) atoms. The molecule has 0 heterocycles. The third-order valence-electron chi connectivity index (χ3n) is 1.66. The van der Waals surface area contributed by atoms with Crippen molar-refractivity contribution in [1.82, 2.24) is 4.72 Å². The minimum absolute atomic E-state index is 0.160. The highest BCUT2D eigenvalue weighted by Gasteiger charge is 2.27. The third-order valence-corrected chi connectivity index (χ3v) is 3.91. The lowest BCUT2D eigenvalue weighted by molar-refractivity contribution is -0.118. The van der Waals surface area contributed by atoms with Crippen molar-refractivity contribution in [3.63, 3.8) is 0 Å². The molecule has 0 aromatic heterocycles. The Morgan fingerprint density at radius 3 is 2.50 bits per heavy atom. The van der Waals surface area contributed by atoms with Crippen molar-refractivity contribution in [3.8, 4) is 6.07 Å². The summed E-state index contributed by atoms with van der Waals surface area (Å²) >= 11 is 1.47. The Kier molecular flexibility index (Phi) is 5.83. The molecule has 5 nitrogen and oxygen atoms in total. The van der Waals surface area contributed by atoms with Crippen molar-refractivity contribution in [2.24, 2.45) is 5.41 Å². The smallest absolute Gasteiger partial charge is 0.236 e. The van der Waals surface area contributed by atoms with Crippen LogP contribution in [0.2, 0.25) is 0 Å². The molecule has 0 aliphatic rings. The molecular formula is C9H16N2O3S2. The third kappa shape index (κ3) is 6.69. The molecule has 0 saturated heterocycles. The molecule has 1 N–H and O–H groups in total. The predicted octanol–water partition coefficient (Wildman–Crippen LogP) is 0.735. The first-order valence-corrected chi connectivity index (χ1v) is 7.70. The van der Waals surface area contributed by atoms with Crippen LogP contribution in [-0.4, -0.2) is 32.1 Å². The van der Waals surface area contributed by atoms with Crippen LogP contribution in [0, 0.1) is 16.7 Å². The molecule has 0 radical (unpaired) electrons. The Labute approximate surface area is 101 Å². The molecule has 0 aliphatic heterocycles. The topological polar surface area (TPSA) is 87.0 Å². The number of nitriles is 1. The van der Waals surface area contributed by atoms with E-state index in [2.05, 4.69) is 0 Å². The largest absolute Gasteiger partial charge is 0.274 e. The van der Waals surface area contributed by atoms with Gasteiger partial charge in [0, 0.05) is 12.2 Å². The van der Waals surface area contributed by atoms with Crippen molar-refractivity contribution in [2.75, 3.05) is 17.8 Å². The van der Waals surface area contributed by atoms with Crippen LogP contribution in [0.1, 0.15) is 20.3 Å². The molecule has 0 saturated carbocycles. The summed E-state index contributed by atoms with van der Waals surface area (Å²) in [5, 5.41) is 8.70. The number of sulfonamides is 1. The van der Waals surface area contributed by atoms with Crippen LogP contribution >= 0.6 is 11.8 Å². The molecule has 1 amide bonds. The van der Waals surface area contributed by atoms with E-state index in [1.54, 1.807) is 0 Å². The number of carbonyl (C=O) groups is 1. The van der Waals surface area contributed by atoms with Crippen molar-refractivity contribution in [1.29, 1.82) is 5.26 Å². The van der Waals surface area contributed by atoms with Crippen LogP contribution in [0.25, 0.3) is 0 Å². The molecule has 0 unspecified atom stereocenters. The van der Waals surface area contributed by atoms with Crippen molar-refractivity contribution < 1.29 is 13.2 Å². The average molecular weight is 264 g/mol. The SMILES string of the molecule is CSCCC(=O)NS(=O)(=O)CC(C)(C)C#N. The highest BCUT2D eigenvalue weighted by atomic mass is 32.2. The number of thioether (sulfide) groups is 1. The lowest BCUT2D eigenvalue weighted by Gasteiger charge is -2.15. The van der Waals surface area contributed by atoms with Gasteiger partial charge in [-0.2, -0.15) is 17.0 Å². The molecule has 0 rings (SSSR count). The second-order valence-electron chi connectivity index (χ2n) is 4.02. The summed E-state index contributed by atoms with van der Waals surface area (Å²) in [4.78, 5) is 11.2. The van der Waals surface area contributed by atoms with Gasteiger partial charge in [0.2, 0.25) is 15.9 Å². The normalized spacial score (nSPS) is 11.9. The van der Waals surface area contributed by atoms with Gasteiger partial charge in [0.15, 0.2) is 0 Å². The first-order valence-electron chi connectivity index (χ1n) is 4.66. The highest BCUT2D eigenvalue weighted by molar-refractivity contribution is 7.98. The van der Waals surface area contributed by atoms with E-state index in [1.165, 1.54) is 25.6 Å². The minimum Gasteiger partial charge on any atom is -0.274 e. The molecule has 92 valence electrons. The zero-order chi connectivity index (χ0) is 12.8. The quantitative estimate of drug-likeness (QED) is 0.764. The molecule has 7 heteroatoms. The van der Waals surface area contributed by atoms with Crippen LogP contribution in [0.3, 0.4) is 0 Å². The van der Waals surface area contributed by atoms with E-state index in [0.29, 0.717) is 5.75 Å². The maximum absolute atomic E-state index is 11.5. The van der Waals surface area contributed by atoms with E-state index < -0.39 is 21.3 Å². The van der Waals surface area contributed by atoms with Crippen LogP contribution in [0.4, 0.5) is 0 Å². The summed E-state index contributed by atoms with van der Waals surface area (Å²) < 4.78 is 24.9. The number of nitrogens with one attached hydrogen (secondary N) is 1. The van der Waals surface area contributed by atoms with E-state index in [1.807, 2.05) is 17.0 Å². The Bertz CT molecular complexity index is 382. The second-order valence-corrected chi connectivity index (χ2v) is 6.73. The highest BCUT2D eigenvalue weighted by Crippen LogP contribution is 2.15. The number of hydrogen-bond donors (Lipinski definition) is 1. The van der Waals surface area contributed by atoms with Gasteiger partial charge < -0.3 is 0 Å². The molecule has 0 fully saturated rings. The fourth-order valence-electron chi connectivity index (χ4n) is 0.963. The van der Waals surface area contributed by atoms with Crippen molar-refractivity contribution in [2.45, 2.75) is 20.3 Å². The summed E-state index contributed by atoms with van der Waals surface area (Å²) in [6.45, 7) is 3.03. The number of rotatable bonds is 6. The fraction of sp³-hybridized carbons (Fsp3) is 0.778. The summed E-state index contributed by atoms with van der Waals surface area (Å²) in [5.74, 6) is -0.326. The second kappa shape index (κ2) is 6.11. The lowest BCUT2D eigenvalue weighted by Crippen LogP contribution is -2.37. The average Bonchev–Trinajstić information content (AvgIpc) is 2.12. The molecule has 0 aromatic carbocycles. The maximum Gasteiger partial charge on any atom is 0.236 e. The van der Waals surface area contributed by atoms with Gasteiger partial charge in [-0.15, -0.1) is 0 Å². The predicted molar refractivity (Wildman–Crippen MR) is 64.3 cm³/mol. The van der Waals surface area contributed by atoms with Gasteiger partial charge >= 0.3 is 0 Å². The van der Waals surface area contributed by atoms with Gasteiger partial charge in [0.25, 0.3) is 0 Å². The molecule has 0 spiro atoms. The zero-order valence-electron chi connectivity index (χ0n) is 9.61. The van der Waals surface area contributed by atoms with Gasteiger partial charge in [0.1, 0.15) is 0 Å². The van der Waals surface area contributed by atoms with Gasteiger partial charge in [-0.25, -0.2) is 8.42 Å². The molecular weight excluding hydrogens is 248 g/mol. The molecule has 0 bridgehead atoms. The lowest BCUT2D eigenvalue weighted by atomic mass is 10.00. The summed E-state index contributed by atoms with van der Waals surface area (Å²) in [5.41, 5.74) is -0.994. The fourth-order valence-corrected chi connectivity index (χ4v) is 2.89. The Hall–Kier alpha value is -0.740. The zero-order valence-corrected chi connectivity index (χ0v) is 11.2. The first kappa shape index (κ1) is 15.3. The van der Waals surface area contributed by atoms with Gasteiger partial charge in [-0.1, -0.05) is 0 Å². The first-order chi connectivity index (χ1) is 7.22. The Morgan fingerprint density at radius 1 is 1.50 bits per heavy atom.